The van der Waals surface area contributed by atoms with Gasteiger partial charge in [0.25, 0.3) is 0 Å². The van der Waals surface area contributed by atoms with Gasteiger partial charge in [0.1, 0.15) is 0 Å². The molecule has 2 N–H and O–H groups in total. The van der Waals surface area contributed by atoms with Crippen LogP contribution in [-0.4, -0.2) is 23.5 Å². The largest absolute Gasteiger partial charge is 0.306 e. The number of nitrogens with zero attached hydrogens (tertiary/aromatic N) is 1. The molecule has 3 rings (SSSR count). The van der Waals surface area contributed by atoms with Crippen LogP contribution in [0.1, 0.15) is 19.8 Å². The summed E-state index contributed by atoms with van der Waals surface area (Å²) in [6, 6.07) is 5.41. The molecule has 1 aromatic carbocycles. The maximum Gasteiger partial charge on any atom is 0.243 e. The molecule has 2 unspecified atom stereocenters. The zero-order chi connectivity index (χ0) is 14.1. The summed E-state index contributed by atoms with van der Waals surface area (Å²) in [6.45, 7) is 3.01. The van der Waals surface area contributed by atoms with Crippen LogP contribution in [-0.2, 0) is 4.79 Å². The van der Waals surface area contributed by atoms with E-state index in [1.54, 1.807) is 6.07 Å². The minimum Gasteiger partial charge on any atom is -0.306 e. The summed E-state index contributed by atoms with van der Waals surface area (Å²) in [5.74, 6) is 0.356. The maximum absolute atomic E-state index is 12.3. The molecule has 4 nitrogen and oxygen atoms in total. The van der Waals surface area contributed by atoms with Crippen molar-refractivity contribution in [2.45, 2.75) is 25.8 Å². The van der Waals surface area contributed by atoms with Gasteiger partial charge in [0.2, 0.25) is 5.91 Å². The Balaban J connectivity index is 1.76. The van der Waals surface area contributed by atoms with Gasteiger partial charge >= 0.3 is 0 Å². The van der Waals surface area contributed by atoms with E-state index in [0.29, 0.717) is 16.1 Å². The Kier molecular flexibility index (Phi) is 3.92. The second-order valence-electron chi connectivity index (χ2n) is 5.17. The summed E-state index contributed by atoms with van der Waals surface area (Å²) in [5.41, 5.74) is 0.861. The zero-order valence-electron chi connectivity index (χ0n) is 11.1. The van der Waals surface area contributed by atoms with Gasteiger partial charge in [-0.15, -0.1) is 0 Å². The van der Waals surface area contributed by atoms with Crippen molar-refractivity contribution in [2.24, 2.45) is 5.92 Å². The number of benzene rings is 1. The molecule has 0 saturated carbocycles. The van der Waals surface area contributed by atoms with Crippen LogP contribution in [0.4, 0.5) is 5.13 Å². The fourth-order valence-corrected chi connectivity index (χ4v) is 3.68. The van der Waals surface area contributed by atoms with E-state index in [4.69, 9.17) is 11.6 Å². The van der Waals surface area contributed by atoms with Gasteiger partial charge in [-0.1, -0.05) is 29.9 Å². The van der Waals surface area contributed by atoms with Crippen LogP contribution >= 0.6 is 22.9 Å². The number of hydrogen-bond donors (Lipinski definition) is 2. The van der Waals surface area contributed by atoms with Crippen LogP contribution in [0.3, 0.4) is 0 Å². The van der Waals surface area contributed by atoms with Crippen molar-refractivity contribution in [2.75, 3.05) is 11.9 Å². The Morgan fingerprint density at radius 2 is 2.40 bits per heavy atom. The third-order valence-electron chi connectivity index (χ3n) is 3.63. The third kappa shape index (κ3) is 2.80. The summed E-state index contributed by atoms with van der Waals surface area (Å²) in [4.78, 5) is 16.7. The fourth-order valence-electron chi connectivity index (χ4n) is 2.54. The molecule has 2 aromatic rings. The van der Waals surface area contributed by atoms with Crippen molar-refractivity contribution >= 4 is 44.2 Å². The van der Waals surface area contributed by atoms with Gasteiger partial charge < -0.3 is 10.6 Å². The van der Waals surface area contributed by atoms with E-state index in [2.05, 4.69) is 22.5 Å². The van der Waals surface area contributed by atoms with E-state index in [9.17, 15) is 4.79 Å². The van der Waals surface area contributed by atoms with Gasteiger partial charge in [-0.25, -0.2) is 4.98 Å². The Hall–Kier alpha value is -1.17. The smallest absolute Gasteiger partial charge is 0.243 e. The van der Waals surface area contributed by atoms with E-state index in [-0.39, 0.29) is 11.9 Å². The van der Waals surface area contributed by atoms with E-state index in [1.807, 2.05) is 12.1 Å². The topological polar surface area (TPSA) is 54.0 Å². The van der Waals surface area contributed by atoms with E-state index < -0.39 is 0 Å². The molecule has 1 aliphatic heterocycles. The van der Waals surface area contributed by atoms with Crippen LogP contribution in [0.2, 0.25) is 5.02 Å². The number of aromatic nitrogens is 1. The molecular formula is C14H16ClN3OS. The molecule has 1 aromatic heterocycles. The fraction of sp³-hybridized carbons (Fsp3) is 0.429. The number of nitrogens with one attached hydrogen (secondary N) is 2. The lowest BCUT2D eigenvalue weighted by molar-refractivity contribution is -0.119. The van der Waals surface area contributed by atoms with Crippen LogP contribution in [0, 0.1) is 5.92 Å². The van der Waals surface area contributed by atoms with Crippen LogP contribution in [0.15, 0.2) is 18.2 Å². The lowest BCUT2D eigenvalue weighted by atomic mass is 9.92. The predicted molar refractivity (Wildman–Crippen MR) is 83.4 cm³/mol. The number of amides is 1. The SMILES string of the molecule is CC1CCCNC1C(=O)Nc1nc2ccc(Cl)cc2s1. The first kappa shape index (κ1) is 13.8. The van der Waals surface area contributed by atoms with Gasteiger partial charge in [0, 0.05) is 5.02 Å². The number of rotatable bonds is 2. The van der Waals surface area contributed by atoms with Crippen LogP contribution in [0.5, 0.6) is 0 Å². The number of hydrogen-bond acceptors (Lipinski definition) is 4. The quantitative estimate of drug-likeness (QED) is 0.895. The van der Waals surface area contributed by atoms with E-state index in [0.717, 1.165) is 29.6 Å². The first-order chi connectivity index (χ1) is 9.63. The normalized spacial score (nSPS) is 22.9. The summed E-state index contributed by atoms with van der Waals surface area (Å²) in [6.07, 6.45) is 2.21. The molecule has 20 heavy (non-hydrogen) atoms. The van der Waals surface area contributed by atoms with Gasteiger partial charge in [-0.2, -0.15) is 0 Å². The predicted octanol–water partition coefficient (Wildman–Crippen LogP) is 3.28. The Morgan fingerprint density at radius 3 is 3.20 bits per heavy atom. The van der Waals surface area contributed by atoms with Crippen molar-refractivity contribution in [1.82, 2.24) is 10.3 Å². The number of carbonyl (C=O) groups is 1. The van der Waals surface area contributed by atoms with Crippen LogP contribution < -0.4 is 10.6 Å². The molecule has 1 aliphatic rings. The van der Waals surface area contributed by atoms with Crippen molar-refractivity contribution in [3.05, 3.63) is 23.2 Å². The lowest BCUT2D eigenvalue weighted by Gasteiger charge is -2.28. The summed E-state index contributed by atoms with van der Waals surface area (Å²) in [5, 5.41) is 7.50. The highest BCUT2D eigenvalue weighted by atomic mass is 35.5. The Morgan fingerprint density at radius 1 is 1.55 bits per heavy atom. The minimum absolute atomic E-state index is 0.00218. The first-order valence-corrected chi connectivity index (χ1v) is 7.93. The molecule has 2 atom stereocenters. The summed E-state index contributed by atoms with van der Waals surface area (Å²) < 4.78 is 0.984. The maximum atomic E-state index is 12.3. The molecule has 0 aliphatic carbocycles. The molecule has 0 spiro atoms. The second kappa shape index (κ2) is 5.68. The number of anilines is 1. The molecule has 0 radical (unpaired) electrons. The average Bonchev–Trinajstić information content (AvgIpc) is 2.80. The molecular weight excluding hydrogens is 294 g/mol. The number of thiazole rings is 1. The average molecular weight is 310 g/mol. The van der Waals surface area contributed by atoms with Crippen molar-refractivity contribution < 1.29 is 4.79 Å². The highest BCUT2D eigenvalue weighted by Gasteiger charge is 2.27. The number of carbonyl (C=O) groups excluding carboxylic acids is 1. The van der Waals surface area contributed by atoms with Crippen molar-refractivity contribution in [3.63, 3.8) is 0 Å². The van der Waals surface area contributed by atoms with Crippen LogP contribution in [0.25, 0.3) is 10.2 Å². The Labute approximate surface area is 126 Å². The number of fused-ring (bicyclic) bond motifs is 1. The standard InChI is InChI=1S/C14H16ClN3OS/c1-8-3-2-6-16-12(8)13(19)18-14-17-10-5-4-9(15)7-11(10)20-14/h4-5,7-8,12,16H,2-3,6H2,1H3,(H,17,18,19). The van der Waals surface area contributed by atoms with Gasteiger partial charge in [0.15, 0.2) is 5.13 Å². The molecule has 6 heteroatoms. The Bertz CT molecular complexity index is 642. The molecule has 106 valence electrons. The first-order valence-electron chi connectivity index (χ1n) is 6.74. The lowest BCUT2D eigenvalue weighted by Crippen LogP contribution is -2.48. The molecule has 1 saturated heterocycles. The number of halogens is 1. The monoisotopic (exact) mass is 309 g/mol. The minimum atomic E-state index is -0.126. The van der Waals surface area contributed by atoms with Crippen molar-refractivity contribution in [1.29, 1.82) is 0 Å². The number of piperidine rings is 1. The summed E-state index contributed by atoms with van der Waals surface area (Å²) >= 11 is 7.41. The van der Waals surface area contributed by atoms with Gasteiger partial charge in [0.05, 0.1) is 16.3 Å². The highest BCUT2D eigenvalue weighted by Crippen LogP contribution is 2.28. The van der Waals surface area contributed by atoms with E-state index >= 15 is 0 Å². The van der Waals surface area contributed by atoms with E-state index in [1.165, 1.54) is 11.3 Å². The molecule has 0 bridgehead atoms. The second-order valence-corrected chi connectivity index (χ2v) is 6.64. The molecule has 1 amide bonds. The molecule has 1 fully saturated rings. The van der Waals surface area contributed by atoms with Crippen molar-refractivity contribution in [3.8, 4) is 0 Å². The molecule has 2 heterocycles. The van der Waals surface area contributed by atoms with Gasteiger partial charge in [-0.3, -0.25) is 4.79 Å². The summed E-state index contributed by atoms with van der Waals surface area (Å²) in [7, 11) is 0. The third-order valence-corrected chi connectivity index (χ3v) is 4.80. The zero-order valence-corrected chi connectivity index (χ0v) is 12.7. The highest BCUT2D eigenvalue weighted by molar-refractivity contribution is 7.22. The van der Waals surface area contributed by atoms with Gasteiger partial charge in [-0.05, 0) is 43.5 Å².